The number of halogens is 2. The highest BCUT2D eigenvalue weighted by atomic mass is 79.9. The topological polar surface area (TPSA) is 43.8 Å². The summed E-state index contributed by atoms with van der Waals surface area (Å²) in [6.45, 7) is 7.39. The van der Waals surface area contributed by atoms with E-state index in [1.54, 1.807) is 0 Å². The van der Waals surface area contributed by atoms with Crippen LogP contribution in [0.1, 0.15) is 33.0 Å². The van der Waals surface area contributed by atoms with Crippen molar-refractivity contribution in [2.24, 2.45) is 5.92 Å². The summed E-state index contributed by atoms with van der Waals surface area (Å²) in [5, 5.41) is 0.669. The Morgan fingerprint density at radius 1 is 1.38 bits per heavy atom. The highest BCUT2D eigenvalue weighted by Crippen LogP contribution is 2.34. The highest BCUT2D eigenvalue weighted by molar-refractivity contribution is 9.10. The van der Waals surface area contributed by atoms with Crippen molar-refractivity contribution in [1.82, 2.24) is 9.55 Å². The third-order valence-corrected chi connectivity index (χ3v) is 4.11. The number of nitrogens with two attached hydrogens (primary N) is 1. The van der Waals surface area contributed by atoms with Crippen LogP contribution in [-0.2, 0) is 13.0 Å². The number of imidazole rings is 1. The van der Waals surface area contributed by atoms with Gasteiger partial charge in [-0.15, -0.1) is 0 Å². The number of hydrogen-bond donors (Lipinski definition) is 1. The van der Waals surface area contributed by atoms with Crippen LogP contribution >= 0.6 is 27.5 Å². The molecule has 3 nitrogen and oxygen atoms in total. The van der Waals surface area contributed by atoms with Crippen molar-refractivity contribution in [2.75, 3.05) is 5.73 Å². The molecule has 0 aliphatic heterocycles. The van der Waals surface area contributed by atoms with E-state index in [1.807, 2.05) is 18.2 Å². The van der Waals surface area contributed by atoms with Crippen molar-refractivity contribution in [1.29, 1.82) is 0 Å². The quantitative estimate of drug-likeness (QED) is 0.790. The zero-order valence-electron chi connectivity index (χ0n) is 12.7. The normalized spacial score (nSPS) is 11.3. The Bertz CT molecular complexity index is 635. The van der Waals surface area contributed by atoms with Crippen LogP contribution in [0.5, 0.6) is 0 Å². The fourth-order valence-corrected chi connectivity index (χ4v) is 2.94. The number of nitrogen functional groups attached to an aromatic ring is 1. The first-order valence-corrected chi connectivity index (χ1v) is 8.41. The first-order valence-electron chi connectivity index (χ1n) is 7.24. The molecule has 0 aliphatic carbocycles. The SMILES string of the molecule is CCCc1nc(-c2cc(Br)ccc2Cl)c(N)n1CC(C)C. The first-order chi connectivity index (χ1) is 9.93. The largest absolute Gasteiger partial charge is 0.383 e. The van der Waals surface area contributed by atoms with Gasteiger partial charge in [0.25, 0.3) is 0 Å². The zero-order valence-corrected chi connectivity index (χ0v) is 15.0. The van der Waals surface area contributed by atoms with Gasteiger partial charge in [-0.2, -0.15) is 0 Å². The summed E-state index contributed by atoms with van der Waals surface area (Å²) in [5.41, 5.74) is 8.02. The molecule has 0 unspecified atom stereocenters. The minimum atomic E-state index is 0.517. The molecule has 5 heteroatoms. The van der Waals surface area contributed by atoms with E-state index in [2.05, 4.69) is 41.3 Å². The first kappa shape index (κ1) is 16.4. The van der Waals surface area contributed by atoms with E-state index in [0.717, 1.165) is 40.9 Å². The lowest BCUT2D eigenvalue weighted by Crippen LogP contribution is -2.11. The van der Waals surface area contributed by atoms with Gasteiger partial charge < -0.3 is 10.3 Å². The van der Waals surface area contributed by atoms with Crippen LogP contribution in [-0.4, -0.2) is 9.55 Å². The Morgan fingerprint density at radius 3 is 2.71 bits per heavy atom. The van der Waals surface area contributed by atoms with Crippen LogP contribution in [0.2, 0.25) is 5.02 Å². The Morgan fingerprint density at radius 2 is 2.10 bits per heavy atom. The van der Waals surface area contributed by atoms with Crippen LogP contribution in [0.3, 0.4) is 0 Å². The molecule has 2 aromatic rings. The molecule has 0 fully saturated rings. The third kappa shape index (κ3) is 3.61. The molecule has 0 radical (unpaired) electrons. The summed E-state index contributed by atoms with van der Waals surface area (Å²) in [6.07, 6.45) is 1.96. The molecule has 1 heterocycles. The molecule has 0 spiro atoms. The lowest BCUT2D eigenvalue weighted by atomic mass is 10.1. The van der Waals surface area contributed by atoms with Gasteiger partial charge in [-0.1, -0.05) is 48.3 Å². The smallest absolute Gasteiger partial charge is 0.131 e. The number of aryl methyl sites for hydroxylation is 1. The van der Waals surface area contributed by atoms with Gasteiger partial charge >= 0.3 is 0 Å². The van der Waals surface area contributed by atoms with Gasteiger partial charge in [-0.25, -0.2) is 4.98 Å². The number of rotatable bonds is 5. The monoisotopic (exact) mass is 369 g/mol. The maximum atomic E-state index is 6.36. The van der Waals surface area contributed by atoms with Crippen LogP contribution in [0.25, 0.3) is 11.3 Å². The average Bonchev–Trinajstić information content (AvgIpc) is 2.70. The second-order valence-corrected chi connectivity index (χ2v) is 6.96. The molecule has 114 valence electrons. The molecule has 1 aromatic heterocycles. The fraction of sp³-hybridized carbons (Fsp3) is 0.438. The molecule has 0 saturated heterocycles. The molecule has 0 amide bonds. The number of anilines is 1. The predicted octanol–water partition coefficient (Wildman–Crippen LogP) is 5.16. The van der Waals surface area contributed by atoms with Gasteiger partial charge in [-0.3, -0.25) is 0 Å². The molecule has 21 heavy (non-hydrogen) atoms. The van der Waals surface area contributed by atoms with E-state index in [9.17, 15) is 0 Å². The number of nitrogens with zero attached hydrogens (tertiary/aromatic N) is 2. The second kappa shape index (κ2) is 6.84. The standard InChI is InChI=1S/C16H21BrClN3/c1-4-5-14-20-15(16(19)21(14)9-10(2)3)12-8-11(17)6-7-13(12)18/h6-8,10H,4-5,9,19H2,1-3H3. The second-order valence-electron chi connectivity index (χ2n) is 5.64. The van der Waals surface area contributed by atoms with Crippen LogP contribution in [0, 0.1) is 5.92 Å². The van der Waals surface area contributed by atoms with E-state index in [-0.39, 0.29) is 0 Å². The average molecular weight is 371 g/mol. The van der Waals surface area contributed by atoms with Gasteiger partial charge in [0.15, 0.2) is 0 Å². The lowest BCUT2D eigenvalue weighted by molar-refractivity contribution is 0.510. The maximum Gasteiger partial charge on any atom is 0.131 e. The van der Waals surface area contributed by atoms with Crippen molar-refractivity contribution < 1.29 is 0 Å². The molecule has 1 aromatic carbocycles. The molecule has 0 aliphatic rings. The zero-order chi connectivity index (χ0) is 15.6. The van der Waals surface area contributed by atoms with E-state index >= 15 is 0 Å². The van der Waals surface area contributed by atoms with Crippen LogP contribution in [0.4, 0.5) is 5.82 Å². The number of hydrogen-bond acceptors (Lipinski definition) is 2. The number of aromatic nitrogens is 2. The van der Waals surface area contributed by atoms with E-state index in [1.165, 1.54) is 0 Å². The third-order valence-electron chi connectivity index (χ3n) is 3.29. The van der Waals surface area contributed by atoms with E-state index in [4.69, 9.17) is 22.3 Å². The molecule has 2 rings (SSSR count). The van der Waals surface area contributed by atoms with Gasteiger partial charge in [0, 0.05) is 23.0 Å². The molecule has 0 atom stereocenters. The Balaban J connectivity index is 2.56. The van der Waals surface area contributed by atoms with Crippen LogP contribution < -0.4 is 5.73 Å². The molecule has 0 saturated carbocycles. The van der Waals surface area contributed by atoms with Gasteiger partial charge in [0.05, 0.1) is 5.02 Å². The van der Waals surface area contributed by atoms with Crippen molar-refractivity contribution >= 4 is 33.3 Å². The minimum Gasteiger partial charge on any atom is -0.383 e. The fourth-order valence-electron chi connectivity index (χ4n) is 2.37. The molecule has 0 bridgehead atoms. The van der Waals surface area contributed by atoms with E-state index < -0.39 is 0 Å². The van der Waals surface area contributed by atoms with Gasteiger partial charge in [-0.05, 0) is 30.5 Å². The van der Waals surface area contributed by atoms with Gasteiger partial charge in [0.1, 0.15) is 17.3 Å². The summed E-state index contributed by atoms with van der Waals surface area (Å²) in [4.78, 5) is 4.76. The summed E-state index contributed by atoms with van der Waals surface area (Å²) in [5.74, 6) is 2.25. The summed E-state index contributed by atoms with van der Waals surface area (Å²) >= 11 is 9.80. The lowest BCUT2D eigenvalue weighted by Gasteiger charge is -2.12. The number of benzene rings is 1. The van der Waals surface area contributed by atoms with E-state index in [0.29, 0.717) is 16.8 Å². The van der Waals surface area contributed by atoms with Crippen molar-refractivity contribution in [3.8, 4) is 11.3 Å². The summed E-state index contributed by atoms with van der Waals surface area (Å²) < 4.78 is 3.09. The Hall–Kier alpha value is -1.00. The molecular weight excluding hydrogens is 350 g/mol. The van der Waals surface area contributed by atoms with Crippen molar-refractivity contribution in [2.45, 2.75) is 40.2 Å². The molecule has 2 N–H and O–H groups in total. The Labute approximate surface area is 139 Å². The van der Waals surface area contributed by atoms with Crippen LogP contribution in [0.15, 0.2) is 22.7 Å². The minimum absolute atomic E-state index is 0.517. The summed E-state index contributed by atoms with van der Waals surface area (Å²) in [6, 6.07) is 5.75. The predicted molar refractivity (Wildman–Crippen MR) is 93.6 cm³/mol. The Kier molecular flexibility index (Phi) is 5.33. The summed E-state index contributed by atoms with van der Waals surface area (Å²) in [7, 11) is 0. The maximum absolute atomic E-state index is 6.36. The highest BCUT2D eigenvalue weighted by Gasteiger charge is 2.18. The van der Waals surface area contributed by atoms with Gasteiger partial charge in [0.2, 0.25) is 0 Å². The van der Waals surface area contributed by atoms with Crippen molar-refractivity contribution in [3.05, 3.63) is 33.5 Å². The van der Waals surface area contributed by atoms with Crippen molar-refractivity contribution in [3.63, 3.8) is 0 Å². The molecular formula is C16H21BrClN3.